The Bertz CT molecular complexity index is 949. The van der Waals surface area contributed by atoms with Crippen molar-refractivity contribution in [2.75, 3.05) is 11.9 Å². The highest BCUT2D eigenvalue weighted by Gasteiger charge is 2.12. The molecule has 28 heavy (non-hydrogen) atoms. The molecule has 0 saturated heterocycles. The molecule has 3 aromatic rings. The highest BCUT2D eigenvalue weighted by atomic mass is 16.5. The van der Waals surface area contributed by atoms with E-state index >= 15 is 0 Å². The van der Waals surface area contributed by atoms with Crippen molar-refractivity contribution in [3.63, 3.8) is 0 Å². The minimum Gasteiger partial charge on any atom is -0.454 e. The minimum atomic E-state index is -0.621. The molecule has 0 spiro atoms. The molecule has 144 valence electrons. The first-order chi connectivity index (χ1) is 13.5. The molecule has 0 saturated carbocycles. The number of tetrazole rings is 1. The lowest BCUT2D eigenvalue weighted by Gasteiger charge is -2.07. The molecule has 0 fully saturated rings. The van der Waals surface area contributed by atoms with Crippen LogP contribution < -0.4 is 5.32 Å². The van der Waals surface area contributed by atoms with Crippen LogP contribution in [0.3, 0.4) is 0 Å². The summed E-state index contributed by atoms with van der Waals surface area (Å²) in [7, 11) is 0. The molecule has 0 bridgehead atoms. The summed E-state index contributed by atoms with van der Waals surface area (Å²) in [5, 5.41) is 14.6. The molecule has 0 radical (unpaired) electrons. The van der Waals surface area contributed by atoms with Crippen molar-refractivity contribution in [2.24, 2.45) is 0 Å². The van der Waals surface area contributed by atoms with Crippen molar-refractivity contribution in [1.29, 1.82) is 0 Å². The van der Waals surface area contributed by atoms with Crippen LogP contribution >= 0.6 is 0 Å². The van der Waals surface area contributed by atoms with Crippen LogP contribution in [0.2, 0.25) is 0 Å². The van der Waals surface area contributed by atoms with Gasteiger partial charge in [0, 0.05) is 11.3 Å². The van der Waals surface area contributed by atoms with Gasteiger partial charge in [-0.25, -0.2) is 4.79 Å². The van der Waals surface area contributed by atoms with Crippen molar-refractivity contribution in [3.05, 3.63) is 59.7 Å². The number of nitrogens with one attached hydrogen (secondary N) is 1. The number of amides is 1. The third-order valence-electron chi connectivity index (χ3n) is 4.04. The summed E-state index contributed by atoms with van der Waals surface area (Å²) in [5.41, 5.74) is 3.76. The summed E-state index contributed by atoms with van der Waals surface area (Å²) in [6.07, 6.45) is 0.924. The van der Waals surface area contributed by atoms with E-state index in [2.05, 4.69) is 27.7 Å². The number of nitrogens with zero attached hydrogens (tertiary/aromatic N) is 4. The maximum Gasteiger partial charge on any atom is 0.330 e. The standard InChI is InChI=1S/C20H21N5O3/c1-3-15-6-10-17(11-7-15)21-18(26)13-28-19(27)12-25-23-20(22-24-25)16-8-4-14(2)5-9-16/h4-11H,3,12-13H2,1-2H3,(H,21,26). The first-order valence-corrected chi connectivity index (χ1v) is 8.92. The Balaban J connectivity index is 1.47. The van der Waals surface area contributed by atoms with E-state index in [1.807, 2.05) is 55.5 Å². The summed E-state index contributed by atoms with van der Waals surface area (Å²) >= 11 is 0. The molecule has 2 aromatic carbocycles. The zero-order chi connectivity index (χ0) is 19.9. The van der Waals surface area contributed by atoms with Crippen LogP contribution in [0.4, 0.5) is 5.69 Å². The van der Waals surface area contributed by atoms with E-state index in [4.69, 9.17) is 4.74 Å². The molecule has 0 aliphatic heterocycles. The third kappa shape index (κ3) is 5.23. The van der Waals surface area contributed by atoms with E-state index in [0.29, 0.717) is 11.5 Å². The van der Waals surface area contributed by atoms with Gasteiger partial charge in [-0.3, -0.25) is 4.79 Å². The molecule has 1 aromatic heterocycles. The number of ether oxygens (including phenoxy) is 1. The van der Waals surface area contributed by atoms with Gasteiger partial charge in [-0.2, -0.15) is 4.80 Å². The van der Waals surface area contributed by atoms with Gasteiger partial charge in [0.2, 0.25) is 5.82 Å². The number of aryl methyl sites for hydroxylation is 2. The molecule has 8 nitrogen and oxygen atoms in total. The first kappa shape index (κ1) is 19.2. The summed E-state index contributed by atoms with van der Waals surface area (Å²) in [4.78, 5) is 25.0. The largest absolute Gasteiger partial charge is 0.454 e. The SMILES string of the molecule is CCc1ccc(NC(=O)COC(=O)Cn2nnc(-c3ccc(C)cc3)n2)cc1. The van der Waals surface area contributed by atoms with Gasteiger partial charge in [0.25, 0.3) is 5.91 Å². The second-order valence-corrected chi connectivity index (χ2v) is 6.27. The number of carbonyl (C=O) groups is 2. The molecule has 3 rings (SSSR count). The van der Waals surface area contributed by atoms with Crippen molar-refractivity contribution in [2.45, 2.75) is 26.8 Å². The van der Waals surface area contributed by atoms with Crippen LogP contribution in [0, 0.1) is 6.92 Å². The number of hydrogen-bond acceptors (Lipinski definition) is 6. The predicted molar refractivity (Wildman–Crippen MR) is 103 cm³/mol. The lowest BCUT2D eigenvalue weighted by atomic mass is 10.1. The van der Waals surface area contributed by atoms with Gasteiger partial charge in [0.05, 0.1) is 0 Å². The number of anilines is 1. The van der Waals surface area contributed by atoms with Crippen molar-refractivity contribution >= 4 is 17.6 Å². The van der Waals surface area contributed by atoms with Crippen LogP contribution in [0.1, 0.15) is 18.1 Å². The van der Waals surface area contributed by atoms with E-state index in [-0.39, 0.29) is 13.2 Å². The Morgan fingerprint density at radius 2 is 1.79 bits per heavy atom. The lowest BCUT2D eigenvalue weighted by molar-refractivity contribution is -0.148. The Morgan fingerprint density at radius 3 is 2.46 bits per heavy atom. The fourth-order valence-corrected chi connectivity index (χ4v) is 2.46. The second kappa shape index (κ2) is 8.90. The molecule has 0 aliphatic carbocycles. The van der Waals surface area contributed by atoms with Gasteiger partial charge in [-0.1, -0.05) is 48.9 Å². The Morgan fingerprint density at radius 1 is 1.07 bits per heavy atom. The zero-order valence-electron chi connectivity index (χ0n) is 15.8. The molecule has 0 aliphatic rings. The monoisotopic (exact) mass is 379 g/mol. The third-order valence-corrected chi connectivity index (χ3v) is 4.04. The fourth-order valence-electron chi connectivity index (χ4n) is 2.46. The smallest absolute Gasteiger partial charge is 0.330 e. The van der Waals surface area contributed by atoms with Gasteiger partial charge in [0.15, 0.2) is 13.2 Å². The number of hydrogen-bond donors (Lipinski definition) is 1. The van der Waals surface area contributed by atoms with Crippen LogP contribution in [-0.4, -0.2) is 38.7 Å². The maximum absolute atomic E-state index is 11.9. The molecule has 1 N–H and O–H groups in total. The van der Waals surface area contributed by atoms with Gasteiger partial charge in [0.1, 0.15) is 0 Å². The van der Waals surface area contributed by atoms with Gasteiger partial charge in [-0.05, 0) is 36.3 Å². The van der Waals surface area contributed by atoms with Gasteiger partial charge in [-0.15, -0.1) is 10.2 Å². The zero-order valence-corrected chi connectivity index (χ0v) is 15.8. The topological polar surface area (TPSA) is 99.0 Å². The number of benzene rings is 2. The quantitative estimate of drug-likeness (QED) is 0.633. The van der Waals surface area contributed by atoms with Crippen LogP contribution in [0.25, 0.3) is 11.4 Å². The summed E-state index contributed by atoms with van der Waals surface area (Å²) in [6, 6.07) is 15.1. The fraction of sp³-hybridized carbons (Fsp3) is 0.250. The van der Waals surface area contributed by atoms with Crippen molar-refractivity contribution < 1.29 is 14.3 Å². The second-order valence-electron chi connectivity index (χ2n) is 6.27. The highest BCUT2D eigenvalue weighted by Crippen LogP contribution is 2.14. The summed E-state index contributed by atoms with van der Waals surface area (Å²) in [6.45, 7) is 3.44. The number of rotatable bonds is 7. The molecular formula is C20H21N5O3. The van der Waals surface area contributed by atoms with Crippen molar-refractivity contribution in [3.8, 4) is 11.4 Å². The van der Waals surface area contributed by atoms with E-state index in [1.54, 1.807) is 0 Å². The molecule has 0 atom stereocenters. The minimum absolute atomic E-state index is 0.225. The average Bonchev–Trinajstić information content (AvgIpc) is 3.16. The molecular weight excluding hydrogens is 358 g/mol. The van der Waals surface area contributed by atoms with Gasteiger partial charge < -0.3 is 10.1 Å². The van der Waals surface area contributed by atoms with Crippen molar-refractivity contribution in [1.82, 2.24) is 20.2 Å². The van der Waals surface area contributed by atoms with Gasteiger partial charge >= 0.3 is 5.97 Å². The highest BCUT2D eigenvalue weighted by molar-refractivity contribution is 5.92. The van der Waals surface area contributed by atoms with Crippen LogP contribution in [0.5, 0.6) is 0 Å². The molecule has 8 heteroatoms. The van der Waals surface area contributed by atoms with E-state index in [9.17, 15) is 9.59 Å². The van der Waals surface area contributed by atoms with E-state index in [1.165, 1.54) is 5.56 Å². The summed E-state index contributed by atoms with van der Waals surface area (Å²) < 4.78 is 4.98. The molecule has 1 heterocycles. The molecule has 0 unspecified atom stereocenters. The van der Waals surface area contributed by atoms with Crippen LogP contribution in [-0.2, 0) is 27.3 Å². The first-order valence-electron chi connectivity index (χ1n) is 8.92. The van der Waals surface area contributed by atoms with E-state index in [0.717, 1.165) is 22.3 Å². The number of aromatic nitrogens is 4. The maximum atomic E-state index is 11.9. The number of esters is 1. The summed E-state index contributed by atoms with van der Waals surface area (Å²) in [5.74, 6) is -0.616. The Labute approximate surface area is 162 Å². The average molecular weight is 379 g/mol. The lowest BCUT2D eigenvalue weighted by Crippen LogP contribution is -2.23. The van der Waals surface area contributed by atoms with Crippen LogP contribution in [0.15, 0.2) is 48.5 Å². The number of carbonyl (C=O) groups excluding carboxylic acids is 2. The predicted octanol–water partition coefficient (Wildman–Crippen LogP) is 2.39. The Kier molecular flexibility index (Phi) is 6.11. The van der Waals surface area contributed by atoms with E-state index < -0.39 is 11.9 Å². The Hall–Kier alpha value is -3.55. The molecule has 1 amide bonds. The normalized spacial score (nSPS) is 10.5.